The zero-order valence-corrected chi connectivity index (χ0v) is 13.0. The molecule has 6 heteroatoms. The molecule has 2 rings (SSSR count). The van der Waals surface area contributed by atoms with Crippen molar-refractivity contribution in [2.24, 2.45) is 12.9 Å². The first-order valence-electron chi connectivity index (χ1n) is 6.47. The minimum absolute atomic E-state index is 0.0636. The van der Waals surface area contributed by atoms with Gasteiger partial charge in [-0.2, -0.15) is 5.10 Å². The van der Waals surface area contributed by atoms with Crippen molar-refractivity contribution < 1.29 is 0 Å². The first-order valence-corrected chi connectivity index (χ1v) is 7.23. The van der Waals surface area contributed by atoms with Crippen LogP contribution in [0.3, 0.4) is 0 Å². The van der Waals surface area contributed by atoms with Gasteiger partial charge < -0.3 is 0 Å². The predicted molar refractivity (Wildman–Crippen MR) is 82.8 cm³/mol. The number of nitrogens with two attached hydrogens (primary N) is 1. The highest BCUT2D eigenvalue weighted by molar-refractivity contribution is 6.34. The van der Waals surface area contributed by atoms with Gasteiger partial charge in [-0.25, -0.2) is 0 Å². The predicted octanol–water partition coefficient (Wildman–Crippen LogP) is 3.04. The van der Waals surface area contributed by atoms with Gasteiger partial charge in [-0.1, -0.05) is 30.1 Å². The van der Waals surface area contributed by atoms with E-state index in [9.17, 15) is 0 Å². The maximum atomic E-state index is 6.04. The fraction of sp³-hybridized carbons (Fsp3) is 0.357. The van der Waals surface area contributed by atoms with Gasteiger partial charge in [0.2, 0.25) is 0 Å². The molecule has 0 aliphatic carbocycles. The molecule has 0 aliphatic heterocycles. The van der Waals surface area contributed by atoms with E-state index in [-0.39, 0.29) is 6.04 Å². The van der Waals surface area contributed by atoms with Crippen molar-refractivity contribution in [2.75, 3.05) is 0 Å². The third-order valence-electron chi connectivity index (χ3n) is 3.29. The molecule has 1 heterocycles. The van der Waals surface area contributed by atoms with Gasteiger partial charge in [0.05, 0.1) is 11.7 Å². The van der Waals surface area contributed by atoms with Gasteiger partial charge in [-0.15, -0.1) is 0 Å². The van der Waals surface area contributed by atoms with Crippen molar-refractivity contribution in [3.05, 3.63) is 51.3 Å². The summed E-state index contributed by atoms with van der Waals surface area (Å²) >= 11 is 12.1. The number of aromatic nitrogens is 2. The fourth-order valence-corrected chi connectivity index (χ4v) is 2.74. The molecule has 1 atom stereocenters. The Labute approximate surface area is 128 Å². The Kier molecular flexibility index (Phi) is 5.05. The first kappa shape index (κ1) is 15.3. The second-order valence-corrected chi connectivity index (χ2v) is 5.60. The maximum Gasteiger partial charge on any atom is 0.0624 e. The lowest BCUT2D eigenvalue weighted by molar-refractivity contribution is 0.530. The third-order valence-corrected chi connectivity index (χ3v) is 3.73. The minimum Gasteiger partial charge on any atom is -0.272 e. The molecule has 0 aliphatic rings. The van der Waals surface area contributed by atoms with E-state index in [1.165, 1.54) is 0 Å². The molecule has 0 fully saturated rings. The molecule has 0 radical (unpaired) electrons. The number of aryl methyl sites for hydroxylation is 2. The van der Waals surface area contributed by atoms with E-state index in [2.05, 4.69) is 23.5 Å². The molecular weight excluding hydrogens is 295 g/mol. The molecule has 20 heavy (non-hydrogen) atoms. The molecule has 0 saturated carbocycles. The highest BCUT2D eigenvalue weighted by Crippen LogP contribution is 2.25. The van der Waals surface area contributed by atoms with Crippen LogP contribution in [0, 0.1) is 0 Å². The van der Waals surface area contributed by atoms with Crippen LogP contribution in [0.1, 0.15) is 29.9 Å². The van der Waals surface area contributed by atoms with Gasteiger partial charge in [-0.3, -0.25) is 16.0 Å². The van der Waals surface area contributed by atoms with Gasteiger partial charge in [0.1, 0.15) is 0 Å². The van der Waals surface area contributed by atoms with Gasteiger partial charge in [-0.05, 0) is 36.2 Å². The van der Waals surface area contributed by atoms with Crippen LogP contribution in [0.4, 0.5) is 0 Å². The SMILES string of the molecule is CCc1cc(CC(NN)c2cc(Cl)cc(Cl)c2)n(C)n1. The summed E-state index contributed by atoms with van der Waals surface area (Å²) < 4.78 is 1.88. The van der Waals surface area contributed by atoms with Gasteiger partial charge in [0.15, 0.2) is 0 Å². The summed E-state index contributed by atoms with van der Waals surface area (Å²) in [6.07, 6.45) is 1.63. The molecular formula is C14H18Cl2N4. The van der Waals surface area contributed by atoms with E-state index in [1.54, 1.807) is 6.07 Å². The lowest BCUT2D eigenvalue weighted by atomic mass is 10.0. The standard InChI is InChI=1S/C14H18Cl2N4/c1-3-12-7-13(20(2)19-12)8-14(18-17)9-4-10(15)6-11(16)5-9/h4-7,14,18H,3,8,17H2,1-2H3. The summed E-state index contributed by atoms with van der Waals surface area (Å²) in [5, 5.41) is 5.65. The number of halogens is 2. The highest BCUT2D eigenvalue weighted by atomic mass is 35.5. The van der Waals surface area contributed by atoms with Crippen LogP contribution in [0.25, 0.3) is 0 Å². The molecule has 0 saturated heterocycles. The Morgan fingerprint density at radius 1 is 1.25 bits per heavy atom. The van der Waals surface area contributed by atoms with E-state index in [0.717, 1.165) is 29.8 Å². The van der Waals surface area contributed by atoms with E-state index < -0.39 is 0 Å². The molecule has 0 spiro atoms. The van der Waals surface area contributed by atoms with E-state index in [4.69, 9.17) is 29.0 Å². The van der Waals surface area contributed by atoms with Crippen LogP contribution in [-0.2, 0) is 19.9 Å². The third kappa shape index (κ3) is 3.52. The molecule has 0 bridgehead atoms. The molecule has 4 nitrogen and oxygen atoms in total. The van der Waals surface area contributed by atoms with Crippen LogP contribution in [-0.4, -0.2) is 9.78 Å². The summed E-state index contributed by atoms with van der Waals surface area (Å²) in [5.74, 6) is 5.68. The Morgan fingerprint density at radius 3 is 2.40 bits per heavy atom. The smallest absolute Gasteiger partial charge is 0.0624 e. The fourth-order valence-electron chi connectivity index (χ4n) is 2.19. The second-order valence-electron chi connectivity index (χ2n) is 4.73. The lowest BCUT2D eigenvalue weighted by Gasteiger charge is -2.17. The highest BCUT2D eigenvalue weighted by Gasteiger charge is 2.15. The van der Waals surface area contributed by atoms with E-state index >= 15 is 0 Å². The Balaban J connectivity index is 2.25. The monoisotopic (exact) mass is 312 g/mol. The number of hydrogen-bond acceptors (Lipinski definition) is 3. The molecule has 1 unspecified atom stereocenters. The van der Waals surface area contributed by atoms with Crippen LogP contribution in [0.5, 0.6) is 0 Å². The van der Waals surface area contributed by atoms with Crippen LogP contribution >= 0.6 is 23.2 Å². The first-order chi connectivity index (χ1) is 9.53. The lowest BCUT2D eigenvalue weighted by Crippen LogP contribution is -2.30. The maximum absolute atomic E-state index is 6.04. The zero-order valence-electron chi connectivity index (χ0n) is 11.5. The summed E-state index contributed by atoms with van der Waals surface area (Å²) in [7, 11) is 1.94. The summed E-state index contributed by atoms with van der Waals surface area (Å²) in [6, 6.07) is 7.48. The van der Waals surface area contributed by atoms with Crippen molar-refractivity contribution >= 4 is 23.2 Å². The van der Waals surface area contributed by atoms with Crippen molar-refractivity contribution in [2.45, 2.75) is 25.8 Å². The number of rotatable bonds is 5. The van der Waals surface area contributed by atoms with Crippen molar-refractivity contribution in [1.29, 1.82) is 0 Å². The zero-order chi connectivity index (χ0) is 14.7. The molecule has 0 amide bonds. The Bertz CT molecular complexity index is 575. The van der Waals surface area contributed by atoms with Crippen LogP contribution < -0.4 is 11.3 Å². The number of hydrogen-bond donors (Lipinski definition) is 2. The van der Waals surface area contributed by atoms with Crippen molar-refractivity contribution in [1.82, 2.24) is 15.2 Å². The van der Waals surface area contributed by atoms with Crippen LogP contribution in [0.2, 0.25) is 10.0 Å². The molecule has 1 aromatic heterocycles. The average Bonchev–Trinajstić information content (AvgIpc) is 2.75. The largest absolute Gasteiger partial charge is 0.272 e. The minimum atomic E-state index is -0.0636. The molecule has 1 aromatic carbocycles. The summed E-state index contributed by atoms with van der Waals surface area (Å²) in [4.78, 5) is 0. The summed E-state index contributed by atoms with van der Waals surface area (Å²) in [5.41, 5.74) is 5.96. The quantitative estimate of drug-likeness (QED) is 0.659. The average molecular weight is 313 g/mol. The number of nitrogens with zero attached hydrogens (tertiary/aromatic N) is 2. The number of nitrogens with one attached hydrogen (secondary N) is 1. The van der Waals surface area contributed by atoms with Gasteiger partial charge in [0.25, 0.3) is 0 Å². The Morgan fingerprint density at radius 2 is 1.90 bits per heavy atom. The normalized spacial score (nSPS) is 12.7. The van der Waals surface area contributed by atoms with Gasteiger partial charge in [0, 0.05) is 29.2 Å². The van der Waals surface area contributed by atoms with Crippen molar-refractivity contribution in [3.8, 4) is 0 Å². The van der Waals surface area contributed by atoms with Gasteiger partial charge >= 0.3 is 0 Å². The van der Waals surface area contributed by atoms with Crippen molar-refractivity contribution in [3.63, 3.8) is 0 Å². The van der Waals surface area contributed by atoms with Crippen LogP contribution in [0.15, 0.2) is 24.3 Å². The summed E-state index contributed by atoms with van der Waals surface area (Å²) in [6.45, 7) is 2.08. The molecule has 3 N–H and O–H groups in total. The topological polar surface area (TPSA) is 55.9 Å². The van der Waals surface area contributed by atoms with E-state index in [1.807, 2.05) is 23.9 Å². The van der Waals surface area contributed by atoms with E-state index in [0.29, 0.717) is 10.0 Å². The molecule has 108 valence electrons. The Hall–Kier alpha value is -1.07. The number of hydrazine groups is 1. The molecule has 2 aromatic rings. The number of benzene rings is 1. The second kappa shape index (κ2) is 6.59.